The van der Waals surface area contributed by atoms with Crippen LogP contribution in [0.15, 0.2) is 48.7 Å². The summed E-state index contributed by atoms with van der Waals surface area (Å²) in [4.78, 5) is 17.1. The summed E-state index contributed by atoms with van der Waals surface area (Å²) in [6.07, 6.45) is 2.09. The predicted octanol–water partition coefficient (Wildman–Crippen LogP) is 5.57. The highest BCUT2D eigenvalue weighted by atomic mass is 35.5. The number of amides is 2. The number of aryl methyl sites for hydroxylation is 1. The van der Waals surface area contributed by atoms with Crippen LogP contribution >= 0.6 is 11.6 Å². The van der Waals surface area contributed by atoms with Crippen molar-refractivity contribution in [3.05, 3.63) is 64.9 Å². The Morgan fingerprint density at radius 2 is 2.17 bits per heavy atom. The number of nitrogens with zero attached hydrogens (tertiary/aromatic N) is 1. The maximum Gasteiger partial charge on any atom is 0.319 e. The van der Waals surface area contributed by atoms with Crippen LogP contribution in [0.4, 0.5) is 14.9 Å². The molecule has 0 saturated heterocycles. The van der Waals surface area contributed by atoms with Gasteiger partial charge in [0.15, 0.2) is 0 Å². The van der Waals surface area contributed by atoms with Gasteiger partial charge in [0.05, 0.1) is 11.7 Å². The smallest absolute Gasteiger partial charge is 0.319 e. The van der Waals surface area contributed by atoms with Gasteiger partial charge in [-0.3, -0.25) is 4.98 Å². The summed E-state index contributed by atoms with van der Waals surface area (Å²) in [5.74, 6) is 0.487. The van der Waals surface area contributed by atoms with E-state index in [9.17, 15) is 9.18 Å². The van der Waals surface area contributed by atoms with E-state index < -0.39 is 18.3 Å². The van der Waals surface area contributed by atoms with Crippen LogP contribution in [0.25, 0.3) is 10.8 Å². The average molecular weight is 414 g/mol. The van der Waals surface area contributed by atoms with E-state index in [0.29, 0.717) is 22.9 Å². The summed E-state index contributed by atoms with van der Waals surface area (Å²) in [7, 11) is 0. The number of hydrogen-bond donors (Lipinski definition) is 2. The zero-order valence-corrected chi connectivity index (χ0v) is 16.9. The minimum absolute atomic E-state index is 0.310. The molecule has 2 aromatic carbocycles. The van der Waals surface area contributed by atoms with Gasteiger partial charge in [-0.15, -0.1) is 0 Å². The third kappa shape index (κ3) is 3.98. The molecule has 0 bridgehead atoms. The molecular formula is C22H21ClFN3O2. The Morgan fingerprint density at radius 3 is 2.97 bits per heavy atom. The van der Waals surface area contributed by atoms with Crippen molar-refractivity contribution in [2.24, 2.45) is 0 Å². The molecule has 29 heavy (non-hydrogen) atoms. The van der Waals surface area contributed by atoms with Crippen LogP contribution in [-0.4, -0.2) is 23.3 Å². The van der Waals surface area contributed by atoms with Gasteiger partial charge in [0.25, 0.3) is 0 Å². The molecule has 2 amide bonds. The Morgan fingerprint density at radius 1 is 1.34 bits per heavy atom. The van der Waals surface area contributed by atoms with Crippen LogP contribution in [-0.2, 0) is 0 Å². The first-order valence-electron chi connectivity index (χ1n) is 9.34. The van der Waals surface area contributed by atoms with Gasteiger partial charge in [-0.2, -0.15) is 0 Å². The average Bonchev–Trinajstić information content (AvgIpc) is 2.68. The molecule has 1 aliphatic heterocycles. The Balaban J connectivity index is 1.59. The Hall–Kier alpha value is -2.86. The van der Waals surface area contributed by atoms with Crippen molar-refractivity contribution in [3.63, 3.8) is 0 Å². The number of carbonyl (C=O) groups excluding carboxylic acids is 1. The molecule has 2 heterocycles. The summed E-state index contributed by atoms with van der Waals surface area (Å²) in [5.41, 5.74) is 1.29. The van der Waals surface area contributed by atoms with Gasteiger partial charge in [0.1, 0.15) is 18.0 Å². The van der Waals surface area contributed by atoms with Crippen LogP contribution in [0.3, 0.4) is 0 Å². The van der Waals surface area contributed by atoms with Gasteiger partial charge in [-0.25, -0.2) is 9.18 Å². The molecule has 2 atom stereocenters. The fraction of sp³-hybridized carbons (Fsp3) is 0.273. The minimum atomic E-state index is -1.03. The lowest BCUT2D eigenvalue weighted by Gasteiger charge is -2.38. The van der Waals surface area contributed by atoms with Crippen molar-refractivity contribution in [2.75, 3.05) is 12.0 Å². The number of hydrogen-bond acceptors (Lipinski definition) is 3. The van der Waals surface area contributed by atoms with Crippen molar-refractivity contribution in [1.82, 2.24) is 10.3 Å². The van der Waals surface area contributed by atoms with Crippen molar-refractivity contribution in [2.45, 2.75) is 31.9 Å². The van der Waals surface area contributed by atoms with E-state index in [1.807, 2.05) is 31.2 Å². The van der Waals surface area contributed by atoms with E-state index >= 15 is 0 Å². The Bertz CT molecular complexity index is 1090. The Labute approximate surface area is 173 Å². The van der Waals surface area contributed by atoms with Crippen molar-refractivity contribution < 1.29 is 13.9 Å². The summed E-state index contributed by atoms with van der Waals surface area (Å²) in [6, 6.07) is 12.0. The van der Waals surface area contributed by atoms with E-state index in [4.69, 9.17) is 16.3 Å². The standard InChI is InChI=1S/C22H21ClFN3O2/c1-13-8-17-14(11-25-13)4-3-5-18(17)26-21(28)27-19-10-22(2,12-24)29-20-9-15(23)6-7-16(19)20/h3-9,11,19H,10,12H2,1-2H3,(H2,26,27,28)/t19-,22+/m1/s1. The Kier molecular flexibility index (Phi) is 5.04. The zero-order valence-electron chi connectivity index (χ0n) is 16.1. The van der Waals surface area contributed by atoms with E-state index in [-0.39, 0.29) is 6.03 Å². The number of anilines is 1. The molecule has 1 aromatic heterocycles. The molecule has 150 valence electrons. The third-order valence-electron chi connectivity index (χ3n) is 5.08. The number of fused-ring (bicyclic) bond motifs is 2. The molecule has 0 aliphatic carbocycles. The molecule has 0 fully saturated rings. The maximum absolute atomic E-state index is 13.6. The van der Waals surface area contributed by atoms with Crippen molar-refractivity contribution in [3.8, 4) is 5.75 Å². The first kappa shape index (κ1) is 19.5. The van der Waals surface area contributed by atoms with Crippen LogP contribution in [0.2, 0.25) is 5.02 Å². The summed E-state index contributed by atoms with van der Waals surface area (Å²) in [5, 5.41) is 8.20. The number of ether oxygens (including phenoxy) is 1. The number of nitrogens with one attached hydrogen (secondary N) is 2. The lowest BCUT2D eigenvalue weighted by atomic mass is 9.89. The topological polar surface area (TPSA) is 63.2 Å². The first-order chi connectivity index (χ1) is 13.9. The number of pyridine rings is 1. The van der Waals surface area contributed by atoms with E-state index in [1.165, 1.54) is 0 Å². The van der Waals surface area contributed by atoms with Crippen molar-refractivity contribution >= 4 is 34.1 Å². The molecule has 0 radical (unpaired) electrons. The van der Waals surface area contributed by atoms with Gasteiger partial charge in [-0.1, -0.05) is 29.8 Å². The highest BCUT2D eigenvalue weighted by Crippen LogP contribution is 2.41. The molecule has 7 heteroatoms. The fourth-order valence-electron chi connectivity index (χ4n) is 3.64. The highest BCUT2D eigenvalue weighted by Gasteiger charge is 2.38. The lowest BCUT2D eigenvalue weighted by molar-refractivity contribution is 0.0263. The predicted molar refractivity (Wildman–Crippen MR) is 112 cm³/mol. The normalized spacial score (nSPS) is 20.6. The van der Waals surface area contributed by atoms with Gasteiger partial charge in [0, 0.05) is 39.7 Å². The van der Waals surface area contributed by atoms with Gasteiger partial charge in [-0.05, 0) is 38.1 Å². The van der Waals surface area contributed by atoms with Crippen LogP contribution < -0.4 is 15.4 Å². The molecule has 2 N–H and O–H groups in total. The summed E-state index contributed by atoms with van der Waals surface area (Å²) < 4.78 is 19.4. The number of carbonyl (C=O) groups is 1. The molecule has 0 saturated carbocycles. The van der Waals surface area contributed by atoms with E-state index in [1.54, 1.807) is 31.3 Å². The number of halogens is 2. The fourth-order valence-corrected chi connectivity index (χ4v) is 3.81. The largest absolute Gasteiger partial charge is 0.484 e. The number of aromatic nitrogens is 1. The SMILES string of the molecule is Cc1cc2c(NC(=O)N[C@@H]3C[C@@](C)(CF)Oc4cc(Cl)ccc43)cccc2cn1. The van der Waals surface area contributed by atoms with Gasteiger partial charge < -0.3 is 15.4 Å². The summed E-state index contributed by atoms with van der Waals surface area (Å²) >= 11 is 6.06. The van der Waals surface area contributed by atoms with Crippen LogP contribution in [0.5, 0.6) is 5.75 Å². The monoisotopic (exact) mass is 413 g/mol. The molecular weight excluding hydrogens is 393 g/mol. The minimum Gasteiger partial charge on any atom is -0.484 e. The zero-order chi connectivity index (χ0) is 20.6. The molecule has 0 unspecified atom stereocenters. The van der Waals surface area contributed by atoms with Gasteiger partial charge >= 0.3 is 6.03 Å². The number of rotatable bonds is 3. The molecule has 1 aliphatic rings. The van der Waals surface area contributed by atoms with E-state index in [2.05, 4.69) is 15.6 Å². The number of benzene rings is 2. The summed E-state index contributed by atoms with van der Waals surface area (Å²) in [6.45, 7) is 2.91. The number of urea groups is 1. The molecule has 4 rings (SSSR count). The number of alkyl halides is 1. The lowest BCUT2D eigenvalue weighted by Crippen LogP contribution is -2.45. The maximum atomic E-state index is 13.6. The second-order valence-electron chi connectivity index (χ2n) is 7.58. The highest BCUT2D eigenvalue weighted by molar-refractivity contribution is 6.30. The molecule has 5 nitrogen and oxygen atoms in total. The van der Waals surface area contributed by atoms with E-state index in [0.717, 1.165) is 22.0 Å². The first-order valence-corrected chi connectivity index (χ1v) is 9.72. The van der Waals surface area contributed by atoms with Crippen LogP contribution in [0.1, 0.15) is 30.6 Å². The molecule has 3 aromatic rings. The second kappa shape index (κ2) is 7.52. The van der Waals surface area contributed by atoms with Crippen molar-refractivity contribution in [1.29, 1.82) is 0 Å². The second-order valence-corrected chi connectivity index (χ2v) is 8.01. The third-order valence-corrected chi connectivity index (χ3v) is 5.31. The molecule has 0 spiro atoms. The van der Waals surface area contributed by atoms with Gasteiger partial charge in [0.2, 0.25) is 0 Å². The van der Waals surface area contributed by atoms with Crippen LogP contribution in [0, 0.1) is 6.92 Å². The quantitative estimate of drug-likeness (QED) is 0.590.